The van der Waals surface area contributed by atoms with Gasteiger partial charge in [0, 0.05) is 12.1 Å². The molecular formula is C10H12ClF3N2O2S. The minimum absolute atomic E-state index is 0.0828. The van der Waals surface area contributed by atoms with Crippen molar-refractivity contribution in [1.82, 2.24) is 0 Å². The van der Waals surface area contributed by atoms with Crippen LogP contribution < -0.4 is 10.5 Å². The smallest absolute Gasteiger partial charge is 0.389 e. The molecule has 1 rings (SSSR count). The Morgan fingerprint density at radius 2 is 1.95 bits per heavy atom. The van der Waals surface area contributed by atoms with E-state index in [0.29, 0.717) is 5.69 Å². The second-order valence-corrected chi connectivity index (χ2v) is 6.13. The summed E-state index contributed by atoms with van der Waals surface area (Å²) >= 11 is 5.76. The van der Waals surface area contributed by atoms with E-state index in [1.54, 1.807) is 0 Å². The lowest BCUT2D eigenvalue weighted by Crippen LogP contribution is -2.19. The molecule has 108 valence electrons. The lowest BCUT2D eigenvalue weighted by Gasteiger charge is -2.10. The van der Waals surface area contributed by atoms with Gasteiger partial charge in [-0.1, -0.05) is 11.6 Å². The summed E-state index contributed by atoms with van der Waals surface area (Å²) in [5.41, 5.74) is 5.87. The van der Waals surface area contributed by atoms with Gasteiger partial charge in [-0.15, -0.1) is 0 Å². The minimum Gasteiger partial charge on any atom is -0.399 e. The standard InChI is InChI=1S/C10H12ClF3N2O2S/c11-8-6-7(15)2-3-9(8)16-19(17,18)5-1-4-10(12,13)14/h2-3,6,16H,1,4-5,15H2. The van der Waals surface area contributed by atoms with Crippen molar-refractivity contribution in [2.45, 2.75) is 19.0 Å². The number of nitrogen functional groups attached to an aromatic ring is 1. The van der Waals surface area contributed by atoms with Gasteiger partial charge in [0.05, 0.1) is 16.5 Å². The second-order valence-electron chi connectivity index (χ2n) is 3.88. The van der Waals surface area contributed by atoms with Crippen LogP contribution in [-0.2, 0) is 10.0 Å². The summed E-state index contributed by atoms with van der Waals surface area (Å²) in [6.07, 6.45) is -6.02. The van der Waals surface area contributed by atoms with Crippen LogP contribution in [0.2, 0.25) is 5.02 Å². The summed E-state index contributed by atoms with van der Waals surface area (Å²) in [6, 6.07) is 4.12. The highest BCUT2D eigenvalue weighted by molar-refractivity contribution is 7.92. The summed E-state index contributed by atoms with van der Waals surface area (Å²) in [6.45, 7) is 0. The van der Waals surface area contributed by atoms with Gasteiger partial charge in [-0.25, -0.2) is 8.42 Å². The Morgan fingerprint density at radius 3 is 2.47 bits per heavy atom. The monoisotopic (exact) mass is 316 g/mol. The van der Waals surface area contributed by atoms with E-state index >= 15 is 0 Å². The van der Waals surface area contributed by atoms with Crippen LogP contribution in [0.5, 0.6) is 0 Å². The zero-order valence-electron chi connectivity index (χ0n) is 9.67. The Morgan fingerprint density at radius 1 is 1.32 bits per heavy atom. The van der Waals surface area contributed by atoms with Crippen LogP contribution in [0.4, 0.5) is 24.5 Å². The molecule has 0 aliphatic rings. The highest BCUT2D eigenvalue weighted by Gasteiger charge is 2.27. The van der Waals surface area contributed by atoms with Gasteiger partial charge in [0.2, 0.25) is 10.0 Å². The van der Waals surface area contributed by atoms with Crippen LogP contribution in [0.1, 0.15) is 12.8 Å². The average Bonchev–Trinajstić information content (AvgIpc) is 2.20. The molecule has 4 nitrogen and oxygen atoms in total. The van der Waals surface area contributed by atoms with E-state index in [9.17, 15) is 21.6 Å². The van der Waals surface area contributed by atoms with Gasteiger partial charge < -0.3 is 5.73 Å². The number of halogens is 4. The highest BCUT2D eigenvalue weighted by atomic mass is 35.5. The SMILES string of the molecule is Nc1ccc(NS(=O)(=O)CCCC(F)(F)F)c(Cl)c1. The van der Waals surface area contributed by atoms with E-state index in [-0.39, 0.29) is 10.7 Å². The fourth-order valence-electron chi connectivity index (χ4n) is 1.30. The first-order chi connectivity index (χ1) is 8.59. The summed E-state index contributed by atoms with van der Waals surface area (Å²) in [5.74, 6) is -0.632. The van der Waals surface area contributed by atoms with Crippen molar-refractivity contribution in [3.8, 4) is 0 Å². The van der Waals surface area contributed by atoms with Crippen molar-refractivity contribution >= 4 is 33.0 Å². The maximum absolute atomic E-state index is 11.9. The number of anilines is 2. The van der Waals surface area contributed by atoms with Crippen molar-refractivity contribution in [3.05, 3.63) is 23.2 Å². The normalized spacial score (nSPS) is 12.4. The largest absolute Gasteiger partial charge is 0.399 e. The van der Waals surface area contributed by atoms with E-state index in [0.717, 1.165) is 0 Å². The molecule has 0 aromatic heterocycles. The Hall–Kier alpha value is -1.15. The molecule has 0 bridgehead atoms. The first-order valence-electron chi connectivity index (χ1n) is 5.21. The van der Waals surface area contributed by atoms with E-state index in [4.69, 9.17) is 17.3 Å². The number of rotatable bonds is 5. The van der Waals surface area contributed by atoms with Crippen molar-refractivity contribution in [2.75, 3.05) is 16.2 Å². The number of nitrogens with one attached hydrogen (secondary N) is 1. The van der Waals surface area contributed by atoms with Gasteiger partial charge >= 0.3 is 6.18 Å². The number of alkyl halides is 3. The molecule has 9 heteroatoms. The lowest BCUT2D eigenvalue weighted by molar-refractivity contribution is -0.134. The lowest BCUT2D eigenvalue weighted by atomic mass is 10.3. The fraction of sp³-hybridized carbons (Fsp3) is 0.400. The molecule has 0 spiro atoms. The summed E-state index contributed by atoms with van der Waals surface area (Å²) in [5, 5.41) is 0.0828. The van der Waals surface area contributed by atoms with Gasteiger partial charge in [-0.2, -0.15) is 13.2 Å². The molecule has 1 aromatic rings. The molecule has 0 saturated carbocycles. The van der Waals surface area contributed by atoms with E-state index in [1.165, 1.54) is 18.2 Å². The maximum Gasteiger partial charge on any atom is 0.389 e. The van der Waals surface area contributed by atoms with Crippen LogP contribution in [0.15, 0.2) is 18.2 Å². The van der Waals surface area contributed by atoms with Crippen molar-refractivity contribution in [3.63, 3.8) is 0 Å². The number of hydrogen-bond acceptors (Lipinski definition) is 3. The molecule has 0 amide bonds. The third-order valence-electron chi connectivity index (χ3n) is 2.13. The number of benzene rings is 1. The first-order valence-corrected chi connectivity index (χ1v) is 7.24. The molecular weight excluding hydrogens is 305 g/mol. The van der Waals surface area contributed by atoms with Gasteiger partial charge in [0.15, 0.2) is 0 Å². The van der Waals surface area contributed by atoms with Crippen LogP contribution in [-0.4, -0.2) is 20.3 Å². The number of sulfonamides is 1. The Kier molecular flexibility index (Phi) is 4.92. The second kappa shape index (κ2) is 5.87. The van der Waals surface area contributed by atoms with Crippen LogP contribution in [0.25, 0.3) is 0 Å². The Balaban J connectivity index is 2.64. The van der Waals surface area contributed by atoms with Crippen molar-refractivity contribution in [1.29, 1.82) is 0 Å². The molecule has 0 fully saturated rings. The fourth-order valence-corrected chi connectivity index (χ4v) is 2.73. The summed E-state index contributed by atoms with van der Waals surface area (Å²) in [4.78, 5) is 0. The van der Waals surface area contributed by atoms with Crippen LogP contribution in [0.3, 0.4) is 0 Å². The van der Waals surface area contributed by atoms with Gasteiger partial charge in [-0.3, -0.25) is 4.72 Å². The predicted molar refractivity (Wildman–Crippen MR) is 68.6 cm³/mol. The average molecular weight is 317 g/mol. The third kappa shape index (κ3) is 6.02. The molecule has 0 atom stereocenters. The van der Waals surface area contributed by atoms with E-state index in [1.807, 2.05) is 0 Å². The highest BCUT2D eigenvalue weighted by Crippen LogP contribution is 2.26. The van der Waals surface area contributed by atoms with Crippen molar-refractivity contribution in [2.24, 2.45) is 0 Å². The summed E-state index contributed by atoms with van der Waals surface area (Å²) < 4.78 is 61.0. The molecule has 0 heterocycles. The van der Waals surface area contributed by atoms with E-state index < -0.39 is 34.8 Å². The molecule has 0 aliphatic carbocycles. The molecule has 0 radical (unpaired) electrons. The minimum atomic E-state index is -4.37. The molecule has 0 saturated heterocycles. The van der Waals surface area contributed by atoms with Gasteiger partial charge in [0.1, 0.15) is 0 Å². The van der Waals surface area contributed by atoms with Crippen LogP contribution in [0, 0.1) is 0 Å². The molecule has 19 heavy (non-hydrogen) atoms. The zero-order valence-corrected chi connectivity index (χ0v) is 11.2. The van der Waals surface area contributed by atoms with Crippen LogP contribution >= 0.6 is 11.6 Å². The Labute approximate surface area is 113 Å². The molecule has 0 aliphatic heterocycles. The molecule has 0 unspecified atom stereocenters. The predicted octanol–water partition coefficient (Wildman–Crippen LogP) is 3.01. The Bertz CT molecular complexity index is 546. The maximum atomic E-state index is 11.9. The molecule has 3 N–H and O–H groups in total. The number of hydrogen-bond donors (Lipinski definition) is 2. The zero-order chi connectivity index (χ0) is 14.7. The molecule has 1 aromatic carbocycles. The first kappa shape index (κ1) is 15.9. The van der Waals surface area contributed by atoms with E-state index in [2.05, 4.69) is 4.72 Å². The van der Waals surface area contributed by atoms with Gasteiger partial charge in [-0.05, 0) is 24.6 Å². The topological polar surface area (TPSA) is 72.2 Å². The summed E-state index contributed by atoms with van der Waals surface area (Å²) in [7, 11) is -3.87. The third-order valence-corrected chi connectivity index (χ3v) is 3.80. The quantitative estimate of drug-likeness (QED) is 0.820. The van der Waals surface area contributed by atoms with Gasteiger partial charge in [0.25, 0.3) is 0 Å². The van der Waals surface area contributed by atoms with Crippen molar-refractivity contribution < 1.29 is 21.6 Å². The number of nitrogens with two attached hydrogens (primary N) is 1.